The number of nitrogens with two attached hydrogens (primary N) is 1. The zero-order valence-corrected chi connectivity index (χ0v) is 18.0. The molecular weight excluding hydrogens is 459 g/mol. The van der Waals surface area contributed by atoms with Gasteiger partial charge in [0.25, 0.3) is 11.8 Å². The first-order valence-corrected chi connectivity index (χ1v) is 9.82. The van der Waals surface area contributed by atoms with Crippen LogP contribution in [0.5, 0.6) is 0 Å². The first-order chi connectivity index (χ1) is 15.2. The Kier molecular flexibility index (Phi) is 6.86. The number of amides is 4. The molecule has 0 saturated carbocycles. The van der Waals surface area contributed by atoms with E-state index in [-0.39, 0.29) is 16.4 Å². The molecule has 0 fully saturated rings. The minimum absolute atomic E-state index is 0.151. The minimum atomic E-state index is -1.32. The summed E-state index contributed by atoms with van der Waals surface area (Å²) in [6, 6.07) is 12.9. The third-order valence-electron chi connectivity index (χ3n) is 4.32. The number of hydrogen-bond donors (Lipinski definition) is 3. The fourth-order valence-corrected chi connectivity index (χ4v) is 3.16. The van der Waals surface area contributed by atoms with E-state index in [0.29, 0.717) is 10.7 Å². The van der Waals surface area contributed by atoms with E-state index in [9.17, 15) is 19.2 Å². The molecule has 1 atom stereocenters. The summed E-state index contributed by atoms with van der Waals surface area (Å²) in [5.41, 5.74) is 7.21. The van der Waals surface area contributed by atoms with Gasteiger partial charge >= 0.3 is 11.8 Å². The summed E-state index contributed by atoms with van der Waals surface area (Å²) < 4.78 is 0. The number of hydrogen-bond acceptors (Lipinski definition) is 6. The van der Waals surface area contributed by atoms with Crippen LogP contribution in [0.1, 0.15) is 6.92 Å². The molecule has 0 aliphatic carbocycles. The lowest BCUT2D eigenvalue weighted by atomic mass is 9.97. The van der Waals surface area contributed by atoms with Crippen LogP contribution in [0.2, 0.25) is 10.0 Å². The predicted octanol–water partition coefficient (Wildman–Crippen LogP) is 1.93. The lowest BCUT2D eigenvalue weighted by molar-refractivity contribution is -0.137. The molecule has 4 amide bonds. The van der Waals surface area contributed by atoms with Crippen molar-refractivity contribution in [3.05, 3.63) is 58.6 Å². The zero-order valence-electron chi connectivity index (χ0n) is 16.5. The van der Waals surface area contributed by atoms with Crippen molar-refractivity contribution in [2.24, 2.45) is 21.9 Å². The number of primary amides is 1. The molecule has 32 heavy (non-hydrogen) atoms. The van der Waals surface area contributed by atoms with Gasteiger partial charge in [0.2, 0.25) is 0 Å². The van der Waals surface area contributed by atoms with Crippen LogP contribution in [0.4, 0.5) is 11.4 Å². The number of halogens is 2. The maximum atomic E-state index is 13.1. The van der Waals surface area contributed by atoms with Gasteiger partial charge in [-0.1, -0.05) is 41.4 Å². The summed E-state index contributed by atoms with van der Waals surface area (Å²) >= 11 is 12.0. The smallest absolute Gasteiger partial charge is 0.329 e. The second-order valence-electron chi connectivity index (χ2n) is 6.54. The van der Waals surface area contributed by atoms with Crippen molar-refractivity contribution in [3.63, 3.8) is 0 Å². The van der Waals surface area contributed by atoms with Gasteiger partial charge in [-0.3, -0.25) is 19.2 Å². The fourth-order valence-electron chi connectivity index (χ4n) is 2.83. The number of rotatable bonds is 5. The van der Waals surface area contributed by atoms with Crippen LogP contribution in [0.15, 0.2) is 58.7 Å². The van der Waals surface area contributed by atoms with Crippen LogP contribution in [0.3, 0.4) is 0 Å². The van der Waals surface area contributed by atoms with Crippen LogP contribution >= 0.6 is 23.2 Å². The average molecular weight is 475 g/mol. The van der Waals surface area contributed by atoms with E-state index >= 15 is 0 Å². The highest BCUT2D eigenvalue weighted by Gasteiger charge is 2.41. The first-order valence-electron chi connectivity index (χ1n) is 9.07. The Morgan fingerprint density at radius 1 is 1.09 bits per heavy atom. The summed E-state index contributed by atoms with van der Waals surface area (Å²) in [4.78, 5) is 48.8. The summed E-state index contributed by atoms with van der Waals surface area (Å²) in [7, 11) is 0. The molecule has 3 rings (SSSR count). The van der Waals surface area contributed by atoms with Gasteiger partial charge in [0.1, 0.15) is 11.6 Å². The van der Waals surface area contributed by atoms with E-state index < -0.39 is 35.3 Å². The number of nitrogens with one attached hydrogen (secondary N) is 2. The highest BCUT2D eigenvalue weighted by molar-refractivity contribution is 6.53. The highest BCUT2D eigenvalue weighted by atomic mass is 35.5. The van der Waals surface area contributed by atoms with E-state index in [0.717, 1.165) is 5.01 Å². The maximum absolute atomic E-state index is 13.1. The number of nitrogens with zero attached hydrogens (tertiary/aromatic N) is 3. The van der Waals surface area contributed by atoms with E-state index in [1.54, 1.807) is 30.3 Å². The Bertz CT molecular complexity index is 1170. The first kappa shape index (κ1) is 22.9. The van der Waals surface area contributed by atoms with E-state index in [2.05, 4.69) is 15.5 Å². The molecule has 0 aromatic heterocycles. The molecule has 1 aliphatic heterocycles. The minimum Gasteiger partial charge on any atom is -0.361 e. The van der Waals surface area contributed by atoms with Crippen molar-refractivity contribution < 1.29 is 19.2 Å². The number of anilines is 2. The lowest BCUT2D eigenvalue weighted by Crippen LogP contribution is -2.42. The molecule has 12 heteroatoms. The van der Waals surface area contributed by atoms with Crippen LogP contribution in [-0.4, -0.2) is 35.1 Å². The topological polar surface area (TPSA) is 146 Å². The largest absolute Gasteiger partial charge is 0.361 e. The molecule has 0 spiro atoms. The van der Waals surface area contributed by atoms with E-state index in [4.69, 9.17) is 28.9 Å². The molecule has 1 heterocycles. The third-order valence-corrected chi connectivity index (χ3v) is 4.88. The van der Waals surface area contributed by atoms with Gasteiger partial charge < -0.3 is 11.1 Å². The van der Waals surface area contributed by atoms with Gasteiger partial charge in [0, 0.05) is 5.02 Å². The van der Waals surface area contributed by atoms with Gasteiger partial charge in [-0.25, -0.2) is 5.43 Å². The number of benzene rings is 2. The van der Waals surface area contributed by atoms with Gasteiger partial charge in [-0.2, -0.15) is 15.2 Å². The molecule has 2 aromatic carbocycles. The Hall–Kier alpha value is -3.76. The van der Waals surface area contributed by atoms with Gasteiger partial charge in [-0.05, 0) is 37.3 Å². The number of hydrazone groups is 2. The van der Waals surface area contributed by atoms with Crippen molar-refractivity contribution in [2.75, 3.05) is 10.3 Å². The molecule has 0 saturated heterocycles. The van der Waals surface area contributed by atoms with Crippen molar-refractivity contribution >= 4 is 69.6 Å². The van der Waals surface area contributed by atoms with Crippen molar-refractivity contribution in [1.82, 2.24) is 5.43 Å². The standard InChI is InChI=1S/C20H16Cl2N6O4/c1-10-15(20(32)28(27-10)12-5-3-2-4-6-12)16(25-26-19(31)17(23)29)18(30)24-14-9-11(21)7-8-13(14)22/h2-9,15H,1H3,(H2,23,29)(H,24,30)(H,26,31). The van der Waals surface area contributed by atoms with E-state index in [1.807, 2.05) is 5.43 Å². The summed E-state index contributed by atoms with van der Waals surface area (Å²) in [6.45, 7) is 1.52. The van der Waals surface area contributed by atoms with Gasteiger partial charge in [0.05, 0.1) is 22.1 Å². The highest BCUT2D eigenvalue weighted by Crippen LogP contribution is 2.27. The Morgan fingerprint density at radius 2 is 1.78 bits per heavy atom. The number of carbonyl (C=O) groups excluding carboxylic acids is 4. The van der Waals surface area contributed by atoms with E-state index in [1.165, 1.54) is 25.1 Å². The molecule has 0 bridgehead atoms. The summed E-state index contributed by atoms with van der Waals surface area (Å²) in [5.74, 6) is -5.30. The molecule has 1 unspecified atom stereocenters. The van der Waals surface area contributed by atoms with Crippen LogP contribution < -0.4 is 21.5 Å². The monoisotopic (exact) mass is 474 g/mol. The molecular formula is C20H16Cl2N6O4. The quantitative estimate of drug-likeness (QED) is 0.345. The second-order valence-corrected chi connectivity index (χ2v) is 7.38. The van der Waals surface area contributed by atoms with Crippen molar-refractivity contribution in [3.8, 4) is 0 Å². The zero-order chi connectivity index (χ0) is 23.4. The molecule has 2 aromatic rings. The maximum Gasteiger partial charge on any atom is 0.329 e. The summed E-state index contributed by atoms with van der Waals surface area (Å²) in [5, 5.41) is 12.0. The van der Waals surface area contributed by atoms with Crippen molar-refractivity contribution in [2.45, 2.75) is 6.92 Å². The van der Waals surface area contributed by atoms with Crippen LogP contribution in [0, 0.1) is 5.92 Å². The molecule has 164 valence electrons. The predicted molar refractivity (Wildman–Crippen MR) is 120 cm³/mol. The summed E-state index contributed by atoms with van der Waals surface area (Å²) in [6.07, 6.45) is 0. The Labute approximate surface area is 192 Å². The third kappa shape index (κ3) is 4.93. The van der Waals surface area contributed by atoms with Crippen molar-refractivity contribution in [1.29, 1.82) is 0 Å². The molecule has 10 nitrogen and oxygen atoms in total. The lowest BCUT2D eigenvalue weighted by Gasteiger charge is -2.16. The SMILES string of the molecule is CC1=NN(c2ccccc2)C(=O)C1C(=NNC(=O)C(N)=O)C(=O)Nc1cc(Cl)ccc1Cl. The Balaban J connectivity index is 1.96. The molecule has 0 radical (unpaired) electrons. The molecule has 4 N–H and O–H groups in total. The normalized spacial score (nSPS) is 15.9. The number of carbonyl (C=O) groups is 4. The Morgan fingerprint density at radius 3 is 2.44 bits per heavy atom. The molecule has 1 aliphatic rings. The average Bonchev–Trinajstić information content (AvgIpc) is 3.05. The van der Waals surface area contributed by atoms with Gasteiger partial charge in [0.15, 0.2) is 0 Å². The second kappa shape index (κ2) is 9.58. The van der Waals surface area contributed by atoms with Crippen LogP contribution in [-0.2, 0) is 19.2 Å². The fraction of sp³-hybridized carbons (Fsp3) is 0.100. The van der Waals surface area contributed by atoms with Gasteiger partial charge in [-0.15, -0.1) is 0 Å². The number of para-hydroxylation sites is 1. The van der Waals surface area contributed by atoms with Crippen LogP contribution in [0.25, 0.3) is 0 Å².